The first kappa shape index (κ1) is 25.4. The van der Waals surface area contributed by atoms with E-state index in [0.29, 0.717) is 31.0 Å². The molecule has 1 aliphatic heterocycles. The van der Waals surface area contributed by atoms with Gasteiger partial charge in [0.1, 0.15) is 29.0 Å². The number of hydrogen-bond acceptors (Lipinski definition) is 7. The molecular weight excluding hydrogens is 518 g/mol. The van der Waals surface area contributed by atoms with E-state index >= 15 is 4.39 Å². The van der Waals surface area contributed by atoms with Crippen LogP contribution in [0, 0.1) is 12.7 Å². The number of nitrogens with zero attached hydrogens (tertiary/aromatic N) is 7. The van der Waals surface area contributed by atoms with E-state index in [-0.39, 0.29) is 40.4 Å². The van der Waals surface area contributed by atoms with E-state index in [2.05, 4.69) is 20.1 Å². The van der Waals surface area contributed by atoms with E-state index in [1.165, 1.54) is 11.6 Å². The molecule has 2 aliphatic rings. The van der Waals surface area contributed by atoms with Gasteiger partial charge in [-0.3, -0.25) is 14.0 Å². The molecule has 0 spiro atoms. The summed E-state index contributed by atoms with van der Waals surface area (Å²) in [6.45, 7) is 4.21. The zero-order valence-electron chi connectivity index (χ0n) is 21.4. The number of aromatic nitrogens is 6. The maximum absolute atomic E-state index is 15.2. The molecule has 4 heterocycles. The van der Waals surface area contributed by atoms with E-state index in [9.17, 15) is 18.0 Å². The predicted molar refractivity (Wildman–Crippen MR) is 134 cm³/mol. The fourth-order valence-corrected chi connectivity index (χ4v) is 4.81. The fraction of sp³-hybridized carbons (Fsp3) is 0.423. The highest BCUT2D eigenvalue weighted by Gasteiger charge is 2.34. The van der Waals surface area contributed by atoms with Gasteiger partial charge in [0.15, 0.2) is 5.52 Å². The van der Waals surface area contributed by atoms with Crippen LogP contribution in [0.5, 0.6) is 0 Å². The highest BCUT2D eigenvalue weighted by Crippen LogP contribution is 2.37. The Kier molecular flexibility index (Phi) is 5.93. The Labute approximate surface area is 220 Å². The number of aryl methyl sites for hydroxylation is 1. The third-order valence-electron chi connectivity index (χ3n) is 7.15. The van der Waals surface area contributed by atoms with Crippen LogP contribution in [-0.4, -0.2) is 48.5 Å². The first-order valence-electron chi connectivity index (χ1n) is 12.6. The van der Waals surface area contributed by atoms with E-state index < -0.39 is 23.1 Å². The molecule has 2 atom stereocenters. The molecule has 2 fully saturated rings. The summed E-state index contributed by atoms with van der Waals surface area (Å²) in [4.78, 5) is 28.5. The summed E-state index contributed by atoms with van der Waals surface area (Å²) in [5.41, 5.74) is -1.01. The summed E-state index contributed by atoms with van der Waals surface area (Å²) >= 11 is 0. The zero-order valence-corrected chi connectivity index (χ0v) is 21.4. The van der Waals surface area contributed by atoms with Crippen LogP contribution < -0.4 is 10.5 Å². The minimum absolute atomic E-state index is 0.0153. The molecule has 0 amide bonds. The van der Waals surface area contributed by atoms with Crippen LogP contribution in [0.4, 0.5) is 23.5 Å². The lowest BCUT2D eigenvalue weighted by atomic mass is 10.1. The number of anilines is 1. The maximum Gasteiger partial charge on any atom is 0.416 e. The molecule has 9 nitrogen and oxygen atoms in total. The lowest BCUT2D eigenvalue weighted by molar-refractivity contribution is -0.137. The van der Waals surface area contributed by atoms with Crippen molar-refractivity contribution in [3.8, 4) is 11.3 Å². The summed E-state index contributed by atoms with van der Waals surface area (Å²) in [5.74, 6) is -0.670. The predicted octanol–water partition coefficient (Wildman–Crippen LogP) is 4.35. The molecule has 13 heteroatoms. The van der Waals surface area contributed by atoms with E-state index in [1.807, 2.05) is 22.7 Å². The molecule has 39 heavy (non-hydrogen) atoms. The molecule has 0 bridgehead atoms. The van der Waals surface area contributed by atoms with Crippen LogP contribution in [0.15, 0.2) is 35.4 Å². The highest BCUT2D eigenvalue weighted by molar-refractivity contribution is 5.89. The van der Waals surface area contributed by atoms with Crippen LogP contribution in [-0.2, 0) is 18.0 Å². The van der Waals surface area contributed by atoms with Crippen LogP contribution in [0.2, 0.25) is 0 Å². The largest absolute Gasteiger partial charge is 0.416 e. The lowest BCUT2D eigenvalue weighted by Crippen LogP contribution is -2.43. The van der Waals surface area contributed by atoms with Gasteiger partial charge in [-0.25, -0.2) is 19.3 Å². The number of ether oxygens (including phenoxy) is 1. The Morgan fingerprint density at radius 2 is 1.85 bits per heavy atom. The highest BCUT2D eigenvalue weighted by atomic mass is 19.4. The molecule has 1 saturated carbocycles. The second-order valence-corrected chi connectivity index (χ2v) is 10.1. The fourth-order valence-electron chi connectivity index (χ4n) is 4.81. The Hall–Kier alpha value is -3.87. The monoisotopic (exact) mass is 543 g/mol. The second kappa shape index (κ2) is 9.11. The van der Waals surface area contributed by atoms with Gasteiger partial charge >= 0.3 is 6.18 Å². The van der Waals surface area contributed by atoms with E-state index in [4.69, 9.17) is 4.74 Å². The Balaban J connectivity index is 1.47. The van der Waals surface area contributed by atoms with Gasteiger partial charge in [0, 0.05) is 30.9 Å². The molecule has 3 aromatic heterocycles. The zero-order chi connectivity index (χ0) is 27.6. The minimum Gasteiger partial charge on any atom is -0.367 e. The van der Waals surface area contributed by atoms with Gasteiger partial charge in [-0.05, 0) is 44.9 Å². The minimum atomic E-state index is -4.71. The van der Waals surface area contributed by atoms with Gasteiger partial charge in [-0.1, -0.05) is 0 Å². The van der Waals surface area contributed by atoms with Crippen molar-refractivity contribution in [2.45, 2.75) is 51.1 Å². The molecule has 6 rings (SSSR count). The Bertz CT molecular complexity index is 1640. The van der Waals surface area contributed by atoms with Crippen molar-refractivity contribution in [2.24, 2.45) is 7.05 Å². The van der Waals surface area contributed by atoms with Crippen molar-refractivity contribution >= 4 is 17.0 Å². The summed E-state index contributed by atoms with van der Waals surface area (Å²) in [6, 6.07) is 2.62. The van der Waals surface area contributed by atoms with Gasteiger partial charge in [-0.15, -0.1) is 0 Å². The topological polar surface area (TPSA) is 91.0 Å². The summed E-state index contributed by atoms with van der Waals surface area (Å²) in [5, 5.41) is 4.45. The summed E-state index contributed by atoms with van der Waals surface area (Å²) in [7, 11) is 1.54. The van der Waals surface area contributed by atoms with Gasteiger partial charge in [0.2, 0.25) is 5.95 Å². The Morgan fingerprint density at radius 3 is 2.54 bits per heavy atom. The Morgan fingerprint density at radius 1 is 1.08 bits per heavy atom. The number of halogens is 4. The molecule has 1 aliphatic carbocycles. The van der Waals surface area contributed by atoms with Crippen molar-refractivity contribution in [1.82, 2.24) is 29.3 Å². The van der Waals surface area contributed by atoms with Crippen molar-refractivity contribution in [3.05, 3.63) is 63.7 Å². The molecule has 0 N–H and O–H groups in total. The normalized spacial score (nSPS) is 20.1. The van der Waals surface area contributed by atoms with Gasteiger partial charge < -0.3 is 9.64 Å². The summed E-state index contributed by atoms with van der Waals surface area (Å²) < 4.78 is 64.2. The van der Waals surface area contributed by atoms with Crippen LogP contribution in [0.25, 0.3) is 22.3 Å². The van der Waals surface area contributed by atoms with Crippen molar-refractivity contribution in [3.63, 3.8) is 0 Å². The lowest BCUT2D eigenvalue weighted by Gasteiger charge is -2.36. The number of benzene rings is 1. The maximum atomic E-state index is 15.2. The first-order chi connectivity index (χ1) is 18.5. The molecule has 1 aromatic carbocycles. The third kappa shape index (κ3) is 4.64. The van der Waals surface area contributed by atoms with Crippen molar-refractivity contribution < 1.29 is 22.3 Å². The van der Waals surface area contributed by atoms with Gasteiger partial charge in [-0.2, -0.15) is 18.3 Å². The third-order valence-corrected chi connectivity index (χ3v) is 7.15. The summed E-state index contributed by atoms with van der Waals surface area (Å²) in [6.07, 6.45) is 0.604. The first-order valence-corrected chi connectivity index (χ1v) is 12.6. The molecule has 0 unspecified atom stereocenters. The SMILES string of the molecule is Cc1nc2c(-c3ccc(C(F)(F)F)cc3F)nc(N3C[C@@H](C)O[C@@H](c4cnn(C5CC5)c4)C3)nc2c(=O)n1C. The number of morpholine rings is 1. The average molecular weight is 544 g/mol. The van der Waals surface area contributed by atoms with E-state index in [0.717, 1.165) is 30.5 Å². The van der Waals surface area contributed by atoms with Gasteiger partial charge in [0.25, 0.3) is 5.56 Å². The molecule has 1 saturated heterocycles. The van der Waals surface area contributed by atoms with Crippen molar-refractivity contribution in [2.75, 3.05) is 18.0 Å². The molecule has 0 radical (unpaired) electrons. The quantitative estimate of drug-likeness (QED) is 0.354. The number of fused-ring (bicyclic) bond motifs is 1. The number of alkyl halides is 3. The average Bonchev–Trinajstić information content (AvgIpc) is 3.62. The van der Waals surface area contributed by atoms with E-state index in [1.54, 1.807) is 13.1 Å². The second-order valence-electron chi connectivity index (χ2n) is 10.1. The van der Waals surface area contributed by atoms with Crippen LogP contribution in [0.1, 0.15) is 48.9 Å². The van der Waals surface area contributed by atoms with Crippen LogP contribution in [0.3, 0.4) is 0 Å². The van der Waals surface area contributed by atoms with Gasteiger partial charge in [0.05, 0.1) is 30.5 Å². The van der Waals surface area contributed by atoms with Crippen LogP contribution >= 0.6 is 0 Å². The molecule has 4 aromatic rings. The smallest absolute Gasteiger partial charge is 0.367 e. The molecular formula is C26H25F4N7O2. The molecule has 204 valence electrons. The number of rotatable bonds is 4. The standard InChI is InChI=1S/C26H25F4N7O2/c1-13-10-36(12-20(39-13)15-9-31-37(11-15)17-5-6-17)25-33-21(18-7-4-16(8-19(18)27)26(28,29)30)22-23(34-25)24(38)35(3)14(2)32-22/h4,7-9,11,13,17,20H,5-6,10,12H2,1-3H3/t13-,20-/m1/s1. The number of hydrogen-bond donors (Lipinski definition) is 0. The van der Waals surface area contributed by atoms with Crippen molar-refractivity contribution in [1.29, 1.82) is 0 Å².